The van der Waals surface area contributed by atoms with Crippen molar-refractivity contribution < 1.29 is 4.79 Å². The number of carbonyl (C=O) groups is 1. The van der Waals surface area contributed by atoms with Crippen molar-refractivity contribution in [3.05, 3.63) is 51.6 Å². The first-order valence-corrected chi connectivity index (χ1v) is 8.16. The van der Waals surface area contributed by atoms with Crippen LogP contribution < -0.4 is 11.1 Å². The molecule has 1 amide bonds. The molecule has 0 aliphatic carbocycles. The number of nitrogen functional groups attached to an aromatic ring is 1. The quantitative estimate of drug-likeness (QED) is 0.467. The normalized spacial score (nSPS) is 10.3. The monoisotopic (exact) mass is 398 g/mol. The van der Waals surface area contributed by atoms with Gasteiger partial charge in [0.05, 0.1) is 11.4 Å². The van der Waals surface area contributed by atoms with Crippen molar-refractivity contribution >= 4 is 51.6 Å². The number of hydrogen-bond acceptors (Lipinski definition) is 3. The van der Waals surface area contributed by atoms with Crippen LogP contribution in [0.4, 0.5) is 11.4 Å². The van der Waals surface area contributed by atoms with E-state index < -0.39 is 0 Å². The first kappa shape index (κ1) is 15.2. The lowest BCUT2D eigenvalue weighted by Crippen LogP contribution is -2.14. The van der Waals surface area contributed by atoms with E-state index >= 15 is 0 Å². The van der Waals surface area contributed by atoms with Gasteiger partial charge < -0.3 is 11.1 Å². The summed E-state index contributed by atoms with van der Waals surface area (Å²) in [6.45, 7) is 1.99. The lowest BCUT2D eigenvalue weighted by Gasteiger charge is -2.08. The Hall–Kier alpha value is -1.21. The van der Waals surface area contributed by atoms with Crippen LogP contribution in [0.2, 0.25) is 0 Å². The minimum atomic E-state index is -0.0286. The SMILES string of the molecule is Cc1ccc(SCC(=O)Nc2ccccc2I)c(N)c1. The number of aryl methyl sites for hydroxylation is 1. The molecule has 2 rings (SSSR count). The Bertz CT molecular complexity index is 631. The second kappa shape index (κ2) is 6.99. The number of amides is 1. The molecule has 0 fully saturated rings. The van der Waals surface area contributed by atoms with Crippen LogP contribution >= 0.6 is 34.4 Å². The second-order valence-corrected chi connectivity index (χ2v) is 6.54. The molecule has 104 valence electrons. The Morgan fingerprint density at radius 3 is 2.75 bits per heavy atom. The number of thioether (sulfide) groups is 1. The van der Waals surface area contributed by atoms with Crippen molar-refractivity contribution in [1.29, 1.82) is 0 Å². The molecular weight excluding hydrogens is 383 g/mol. The van der Waals surface area contributed by atoms with Crippen LogP contribution in [0.3, 0.4) is 0 Å². The Labute approximate surface area is 136 Å². The first-order valence-electron chi connectivity index (χ1n) is 6.09. The van der Waals surface area contributed by atoms with Gasteiger partial charge in [-0.2, -0.15) is 0 Å². The molecule has 0 saturated heterocycles. The van der Waals surface area contributed by atoms with Crippen LogP contribution in [-0.2, 0) is 4.79 Å². The van der Waals surface area contributed by atoms with E-state index in [2.05, 4.69) is 27.9 Å². The first-order chi connectivity index (χ1) is 9.56. The fraction of sp³-hybridized carbons (Fsp3) is 0.133. The largest absolute Gasteiger partial charge is 0.398 e. The van der Waals surface area contributed by atoms with Gasteiger partial charge in [0.2, 0.25) is 5.91 Å². The average molecular weight is 398 g/mol. The summed E-state index contributed by atoms with van der Waals surface area (Å²) >= 11 is 3.65. The topological polar surface area (TPSA) is 55.1 Å². The van der Waals surface area contributed by atoms with Crippen molar-refractivity contribution in [3.8, 4) is 0 Å². The number of hydrogen-bond donors (Lipinski definition) is 2. The van der Waals surface area contributed by atoms with Gasteiger partial charge in [-0.3, -0.25) is 4.79 Å². The van der Waals surface area contributed by atoms with Crippen LogP contribution in [-0.4, -0.2) is 11.7 Å². The highest BCUT2D eigenvalue weighted by molar-refractivity contribution is 14.1. The Morgan fingerprint density at radius 2 is 2.05 bits per heavy atom. The zero-order valence-electron chi connectivity index (χ0n) is 11.0. The third-order valence-electron chi connectivity index (χ3n) is 2.67. The van der Waals surface area contributed by atoms with Crippen LogP contribution in [0.25, 0.3) is 0 Å². The molecule has 0 bridgehead atoms. The van der Waals surface area contributed by atoms with E-state index in [1.165, 1.54) is 11.8 Å². The minimum absolute atomic E-state index is 0.0286. The highest BCUT2D eigenvalue weighted by Crippen LogP contribution is 2.26. The number of nitrogens with two attached hydrogens (primary N) is 1. The van der Waals surface area contributed by atoms with Crippen LogP contribution in [0.5, 0.6) is 0 Å². The zero-order valence-corrected chi connectivity index (χ0v) is 14.0. The van der Waals surface area contributed by atoms with Crippen LogP contribution in [0, 0.1) is 10.5 Å². The molecule has 3 nitrogen and oxygen atoms in total. The number of benzene rings is 2. The standard InChI is InChI=1S/C15H15IN2OS/c1-10-6-7-14(12(17)8-10)20-9-15(19)18-13-5-3-2-4-11(13)16/h2-8H,9,17H2,1H3,(H,18,19). The van der Waals surface area contributed by atoms with Crippen LogP contribution in [0.1, 0.15) is 5.56 Å². The van der Waals surface area contributed by atoms with Gasteiger partial charge in [0, 0.05) is 14.2 Å². The maximum atomic E-state index is 11.9. The van der Waals surface area contributed by atoms with Crippen LogP contribution in [0.15, 0.2) is 47.4 Å². The lowest BCUT2D eigenvalue weighted by atomic mass is 10.2. The van der Waals surface area contributed by atoms with Gasteiger partial charge in [-0.25, -0.2) is 0 Å². The van der Waals surface area contributed by atoms with Gasteiger partial charge in [0.1, 0.15) is 0 Å². The molecule has 2 aromatic rings. The van der Waals surface area contributed by atoms with E-state index in [9.17, 15) is 4.79 Å². The van der Waals surface area contributed by atoms with Gasteiger partial charge >= 0.3 is 0 Å². The van der Waals surface area contributed by atoms with Crippen molar-refractivity contribution in [1.82, 2.24) is 0 Å². The molecule has 5 heteroatoms. The smallest absolute Gasteiger partial charge is 0.234 e. The number of rotatable bonds is 4. The van der Waals surface area contributed by atoms with Crippen molar-refractivity contribution in [2.75, 3.05) is 16.8 Å². The lowest BCUT2D eigenvalue weighted by molar-refractivity contribution is -0.113. The molecule has 3 N–H and O–H groups in total. The maximum Gasteiger partial charge on any atom is 0.234 e. The van der Waals surface area contributed by atoms with Crippen molar-refractivity contribution in [2.24, 2.45) is 0 Å². The van der Waals surface area contributed by atoms with E-state index in [0.29, 0.717) is 5.75 Å². The molecule has 0 unspecified atom stereocenters. The minimum Gasteiger partial charge on any atom is -0.398 e. The summed E-state index contributed by atoms with van der Waals surface area (Å²) in [5.74, 6) is 0.317. The third kappa shape index (κ3) is 4.14. The molecule has 20 heavy (non-hydrogen) atoms. The summed E-state index contributed by atoms with van der Waals surface area (Å²) in [5, 5.41) is 2.90. The Kier molecular flexibility index (Phi) is 5.31. The fourth-order valence-electron chi connectivity index (χ4n) is 1.69. The third-order valence-corrected chi connectivity index (χ3v) is 4.70. The summed E-state index contributed by atoms with van der Waals surface area (Å²) < 4.78 is 1.03. The molecule has 0 aromatic heterocycles. The molecule has 2 aromatic carbocycles. The molecule has 0 aliphatic heterocycles. The predicted molar refractivity (Wildman–Crippen MR) is 94.1 cm³/mol. The summed E-state index contributed by atoms with van der Waals surface area (Å²) in [4.78, 5) is 12.9. The molecular formula is C15H15IN2OS. The van der Waals surface area contributed by atoms with Gasteiger partial charge in [0.15, 0.2) is 0 Å². The molecule has 0 atom stereocenters. The molecule has 0 heterocycles. The summed E-state index contributed by atoms with van der Waals surface area (Å²) in [6, 6.07) is 13.6. The van der Waals surface area contributed by atoms with Gasteiger partial charge in [-0.05, 0) is 59.3 Å². The maximum absolute atomic E-state index is 11.9. The average Bonchev–Trinajstić information content (AvgIpc) is 2.40. The van der Waals surface area contributed by atoms with Crippen molar-refractivity contribution in [3.63, 3.8) is 0 Å². The predicted octanol–water partition coefficient (Wildman–Crippen LogP) is 3.91. The summed E-state index contributed by atoms with van der Waals surface area (Å²) in [6.07, 6.45) is 0. The van der Waals surface area contributed by atoms with Gasteiger partial charge in [-0.15, -0.1) is 11.8 Å². The summed E-state index contributed by atoms with van der Waals surface area (Å²) in [7, 11) is 0. The number of halogens is 1. The fourth-order valence-corrected chi connectivity index (χ4v) is 2.96. The van der Waals surface area contributed by atoms with E-state index in [-0.39, 0.29) is 5.91 Å². The Balaban J connectivity index is 1.94. The zero-order chi connectivity index (χ0) is 14.5. The second-order valence-electron chi connectivity index (χ2n) is 4.36. The highest BCUT2D eigenvalue weighted by atomic mass is 127. The van der Waals surface area contributed by atoms with Crippen molar-refractivity contribution in [2.45, 2.75) is 11.8 Å². The molecule has 0 aliphatic rings. The number of anilines is 2. The van der Waals surface area contributed by atoms with E-state index in [0.717, 1.165) is 25.4 Å². The Morgan fingerprint density at radius 1 is 1.30 bits per heavy atom. The van der Waals surface area contributed by atoms with E-state index in [1.807, 2.05) is 49.4 Å². The van der Waals surface area contributed by atoms with E-state index in [4.69, 9.17) is 5.73 Å². The van der Waals surface area contributed by atoms with E-state index in [1.54, 1.807) is 0 Å². The summed E-state index contributed by atoms with van der Waals surface area (Å²) in [5.41, 5.74) is 8.61. The van der Waals surface area contributed by atoms with Gasteiger partial charge in [-0.1, -0.05) is 18.2 Å². The number of para-hydroxylation sites is 1. The van der Waals surface area contributed by atoms with Gasteiger partial charge in [0.25, 0.3) is 0 Å². The molecule has 0 spiro atoms. The number of nitrogens with one attached hydrogen (secondary N) is 1. The molecule has 0 radical (unpaired) electrons. The highest BCUT2D eigenvalue weighted by Gasteiger charge is 2.07. The number of carbonyl (C=O) groups excluding carboxylic acids is 1. The molecule has 0 saturated carbocycles.